The molecular weight excluding hydrogens is 170 g/mol. The van der Waals surface area contributed by atoms with Crippen LogP contribution in [0.3, 0.4) is 0 Å². The summed E-state index contributed by atoms with van der Waals surface area (Å²) in [7, 11) is 0. The average molecular weight is 191 g/mol. The SMILES string of the molecule is CC1CCC2=CC(=N)CC[C@]2(C)C1C. The first-order valence-corrected chi connectivity index (χ1v) is 5.82. The predicted molar refractivity (Wildman–Crippen MR) is 60.7 cm³/mol. The van der Waals surface area contributed by atoms with Gasteiger partial charge in [-0.3, -0.25) is 0 Å². The molecule has 0 heterocycles. The first kappa shape index (κ1) is 9.95. The van der Waals surface area contributed by atoms with E-state index in [1.807, 2.05) is 0 Å². The molecule has 0 radical (unpaired) electrons. The second-order valence-corrected chi connectivity index (χ2v) is 5.42. The Morgan fingerprint density at radius 1 is 1.36 bits per heavy atom. The molecule has 14 heavy (non-hydrogen) atoms. The third-order valence-corrected chi connectivity index (χ3v) is 4.72. The van der Waals surface area contributed by atoms with Crippen molar-refractivity contribution in [2.75, 3.05) is 0 Å². The van der Waals surface area contributed by atoms with Gasteiger partial charge in [-0.25, -0.2) is 0 Å². The van der Waals surface area contributed by atoms with Crippen LogP contribution in [0.4, 0.5) is 0 Å². The molecule has 0 amide bonds. The Bertz CT molecular complexity index is 290. The molecule has 0 bridgehead atoms. The molecule has 1 nitrogen and oxygen atoms in total. The van der Waals surface area contributed by atoms with Crippen molar-refractivity contribution in [3.63, 3.8) is 0 Å². The van der Waals surface area contributed by atoms with Crippen LogP contribution in [-0.4, -0.2) is 5.71 Å². The summed E-state index contributed by atoms with van der Waals surface area (Å²) >= 11 is 0. The second kappa shape index (κ2) is 3.22. The van der Waals surface area contributed by atoms with E-state index >= 15 is 0 Å². The molecule has 2 rings (SSSR count). The topological polar surface area (TPSA) is 23.9 Å². The highest BCUT2D eigenvalue weighted by atomic mass is 14.5. The maximum absolute atomic E-state index is 7.74. The molecule has 0 aliphatic heterocycles. The van der Waals surface area contributed by atoms with Crippen LogP contribution in [0.2, 0.25) is 0 Å². The summed E-state index contributed by atoms with van der Waals surface area (Å²) in [5, 5.41) is 7.74. The van der Waals surface area contributed by atoms with Gasteiger partial charge in [-0.2, -0.15) is 0 Å². The molecule has 1 fully saturated rings. The quantitative estimate of drug-likeness (QED) is 0.602. The summed E-state index contributed by atoms with van der Waals surface area (Å²) in [6.45, 7) is 7.19. The summed E-state index contributed by atoms with van der Waals surface area (Å²) in [6, 6.07) is 0. The molecule has 0 saturated heterocycles. The first-order valence-electron chi connectivity index (χ1n) is 5.82. The van der Waals surface area contributed by atoms with E-state index in [9.17, 15) is 0 Å². The predicted octanol–water partition coefficient (Wildman–Crippen LogP) is 3.80. The van der Waals surface area contributed by atoms with Crippen molar-refractivity contribution in [1.82, 2.24) is 0 Å². The zero-order chi connectivity index (χ0) is 10.3. The highest BCUT2D eigenvalue weighted by Crippen LogP contribution is 2.51. The maximum Gasteiger partial charge on any atom is 0.0314 e. The van der Waals surface area contributed by atoms with Crippen molar-refractivity contribution >= 4 is 5.71 Å². The standard InChI is InChI=1S/C13H21N/c1-9-4-5-11-8-12(14)6-7-13(11,3)10(9)2/h8-10,14H,4-7H2,1-3H3/t9?,10?,13-/m1/s1. The highest BCUT2D eigenvalue weighted by molar-refractivity contribution is 5.94. The van der Waals surface area contributed by atoms with Crippen LogP contribution in [0.5, 0.6) is 0 Å². The Kier molecular flexibility index (Phi) is 2.29. The van der Waals surface area contributed by atoms with Crippen LogP contribution in [0, 0.1) is 22.7 Å². The maximum atomic E-state index is 7.74. The minimum absolute atomic E-state index is 0.405. The molecule has 2 aliphatic rings. The number of hydrogen-bond acceptors (Lipinski definition) is 1. The van der Waals surface area contributed by atoms with Crippen molar-refractivity contribution in [2.45, 2.75) is 46.5 Å². The summed E-state index contributed by atoms with van der Waals surface area (Å²) < 4.78 is 0. The van der Waals surface area contributed by atoms with Crippen LogP contribution in [-0.2, 0) is 0 Å². The Morgan fingerprint density at radius 2 is 2.07 bits per heavy atom. The number of fused-ring (bicyclic) bond motifs is 1. The van der Waals surface area contributed by atoms with Crippen molar-refractivity contribution in [3.8, 4) is 0 Å². The fourth-order valence-corrected chi connectivity index (χ4v) is 3.14. The molecule has 2 unspecified atom stereocenters. The molecule has 0 aromatic heterocycles. The van der Waals surface area contributed by atoms with Gasteiger partial charge in [-0.15, -0.1) is 0 Å². The van der Waals surface area contributed by atoms with Gasteiger partial charge < -0.3 is 5.41 Å². The van der Waals surface area contributed by atoms with E-state index in [4.69, 9.17) is 5.41 Å². The third kappa shape index (κ3) is 1.34. The second-order valence-electron chi connectivity index (χ2n) is 5.42. The minimum atomic E-state index is 0.405. The van der Waals surface area contributed by atoms with Crippen molar-refractivity contribution in [3.05, 3.63) is 11.6 Å². The van der Waals surface area contributed by atoms with Crippen molar-refractivity contribution < 1.29 is 0 Å². The van der Waals surface area contributed by atoms with Crippen LogP contribution in [0.15, 0.2) is 11.6 Å². The molecule has 78 valence electrons. The monoisotopic (exact) mass is 191 g/mol. The van der Waals surface area contributed by atoms with Gasteiger partial charge >= 0.3 is 0 Å². The van der Waals surface area contributed by atoms with E-state index in [0.717, 1.165) is 24.0 Å². The lowest BCUT2D eigenvalue weighted by Crippen LogP contribution is -2.38. The molecule has 3 atom stereocenters. The van der Waals surface area contributed by atoms with Crippen LogP contribution >= 0.6 is 0 Å². The number of allylic oxidation sites excluding steroid dienone is 2. The molecule has 0 aromatic carbocycles. The van der Waals surface area contributed by atoms with Crippen molar-refractivity contribution in [1.29, 1.82) is 5.41 Å². The lowest BCUT2D eigenvalue weighted by atomic mass is 9.57. The van der Waals surface area contributed by atoms with Crippen molar-refractivity contribution in [2.24, 2.45) is 17.3 Å². The van der Waals surface area contributed by atoms with E-state index in [1.165, 1.54) is 19.3 Å². The zero-order valence-corrected chi connectivity index (χ0v) is 9.56. The Morgan fingerprint density at radius 3 is 2.79 bits per heavy atom. The van der Waals surface area contributed by atoms with E-state index in [2.05, 4.69) is 26.8 Å². The van der Waals surface area contributed by atoms with E-state index in [-0.39, 0.29) is 0 Å². The largest absolute Gasteiger partial charge is 0.305 e. The fourth-order valence-electron chi connectivity index (χ4n) is 3.14. The van der Waals surface area contributed by atoms with Gasteiger partial charge in [0.15, 0.2) is 0 Å². The Hall–Kier alpha value is -0.590. The van der Waals surface area contributed by atoms with Gasteiger partial charge in [-0.1, -0.05) is 26.3 Å². The zero-order valence-electron chi connectivity index (χ0n) is 9.56. The molecule has 0 spiro atoms. The van der Waals surface area contributed by atoms with Gasteiger partial charge in [0.25, 0.3) is 0 Å². The summed E-state index contributed by atoms with van der Waals surface area (Å²) in [5.41, 5.74) is 2.81. The molecular formula is C13H21N. The van der Waals surface area contributed by atoms with Gasteiger partial charge in [0, 0.05) is 5.71 Å². The summed E-state index contributed by atoms with van der Waals surface area (Å²) in [4.78, 5) is 0. The highest BCUT2D eigenvalue weighted by Gasteiger charge is 2.42. The van der Waals surface area contributed by atoms with Crippen LogP contribution in [0.25, 0.3) is 0 Å². The van der Waals surface area contributed by atoms with Crippen LogP contribution in [0.1, 0.15) is 46.5 Å². The molecule has 1 saturated carbocycles. The lowest BCUT2D eigenvalue weighted by Gasteiger charge is -2.47. The van der Waals surface area contributed by atoms with Gasteiger partial charge in [-0.05, 0) is 49.0 Å². The van der Waals surface area contributed by atoms with Gasteiger partial charge in [0.1, 0.15) is 0 Å². The number of nitrogens with one attached hydrogen (secondary N) is 1. The summed E-state index contributed by atoms with van der Waals surface area (Å²) in [5.74, 6) is 1.64. The fraction of sp³-hybridized carbons (Fsp3) is 0.769. The average Bonchev–Trinajstić information content (AvgIpc) is 2.16. The first-order chi connectivity index (χ1) is 6.54. The van der Waals surface area contributed by atoms with Crippen LogP contribution < -0.4 is 0 Å². The smallest absolute Gasteiger partial charge is 0.0314 e. The van der Waals surface area contributed by atoms with E-state index < -0.39 is 0 Å². The number of hydrogen-bond donors (Lipinski definition) is 1. The van der Waals surface area contributed by atoms with E-state index in [1.54, 1.807) is 5.57 Å². The van der Waals surface area contributed by atoms with Gasteiger partial charge in [0.2, 0.25) is 0 Å². The Labute approximate surface area is 87.1 Å². The van der Waals surface area contributed by atoms with E-state index in [0.29, 0.717) is 5.41 Å². The molecule has 1 N–H and O–H groups in total. The minimum Gasteiger partial charge on any atom is -0.305 e. The number of rotatable bonds is 0. The summed E-state index contributed by atoms with van der Waals surface area (Å²) in [6.07, 6.45) is 6.88. The lowest BCUT2D eigenvalue weighted by molar-refractivity contribution is 0.129. The molecule has 2 aliphatic carbocycles. The normalized spacial score (nSPS) is 43.1. The third-order valence-electron chi connectivity index (χ3n) is 4.72. The molecule has 1 heteroatoms. The van der Waals surface area contributed by atoms with Gasteiger partial charge in [0.05, 0.1) is 0 Å². The Balaban J connectivity index is 2.34. The molecule has 0 aromatic rings.